The minimum Gasteiger partial charge on any atom is -0.372 e. The molecule has 2 N–H and O–H groups in total. The number of benzene rings is 2. The Balaban J connectivity index is 1.45. The summed E-state index contributed by atoms with van der Waals surface area (Å²) in [6, 6.07) is 14.6. The van der Waals surface area contributed by atoms with Crippen molar-refractivity contribution in [3.63, 3.8) is 0 Å². The Kier molecular flexibility index (Phi) is 5.24. The lowest BCUT2D eigenvalue weighted by atomic mass is 10.2. The molecule has 0 amide bonds. The molecule has 1 saturated heterocycles. The van der Waals surface area contributed by atoms with Gasteiger partial charge in [-0.15, -0.1) is 0 Å². The largest absolute Gasteiger partial charge is 0.416 e. The normalized spacial score (nSPS) is 14.1. The Hall–Kier alpha value is -3.29. The van der Waals surface area contributed by atoms with E-state index < -0.39 is 11.7 Å². The highest BCUT2D eigenvalue weighted by molar-refractivity contribution is 5.62. The van der Waals surface area contributed by atoms with E-state index >= 15 is 0 Å². The highest BCUT2D eigenvalue weighted by Gasteiger charge is 2.30. The van der Waals surface area contributed by atoms with Gasteiger partial charge in [0.1, 0.15) is 5.82 Å². The minimum atomic E-state index is -4.39. The molecule has 0 saturated carbocycles. The fourth-order valence-electron chi connectivity index (χ4n) is 3.27. The zero-order valence-electron chi connectivity index (χ0n) is 15.6. The van der Waals surface area contributed by atoms with E-state index in [0.29, 0.717) is 17.5 Å². The van der Waals surface area contributed by atoms with Gasteiger partial charge in [0.05, 0.1) is 5.56 Å². The van der Waals surface area contributed by atoms with E-state index in [4.69, 9.17) is 0 Å². The highest BCUT2D eigenvalue weighted by atomic mass is 19.4. The van der Waals surface area contributed by atoms with Crippen molar-refractivity contribution in [3.05, 3.63) is 66.4 Å². The van der Waals surface area contributed by atoms with Crippen LogP contribution in [0.4, 0.5) is 42.0 Å². The molecule has 0 spiro atoms. The molecule has 1 aromatic heterocycles. The topological polar surface area (TPSA) is 53.1 Å². The number of rotatable bonds is 5. The number of nitrogens with zero attached hydrogens (tertiary/aromatic N) is 3. The minimum absolute atomic E-state index is 0.305. The standard InChI is InChI=1S/C21H20F3N5/c22-21(23,24)15-4-3-5-17(14-15)26-19-10-11-25-20(28-19)27-16-6-8-18(9-7-16)29-12-1-2-13-29/h3-11,14H,1-2,12-13H2,(H2,25,26,27,28). The van der Waals surface area contributed by atoms with Crippen LogP contribution < -0.4 is 15.5 Å². The molecule has 0 unspecified atom stereocenters. The van der Waals surface area contributed by atoms with Crippen LogP contribution in [0.5, 0.6) is 0 Å². The van der Waals surface area contributed by atoms with Gasteiger partial charge in [-0.25, -0.2) is 4.98 Å². The number of nitrogens with one attached hydrogen (secondary N) is 2. The average molecular weight is 399 g/mol. The summed E-state index contributed by atoms with van der Waals surface area (Å²) in [7, 11) is 0. The van der Waals surface area contributed by atoms with E-state index in [2.05, 4.69) is 37.6 Å². The monoisotopic (exact) mass is 399 g/mol. The second kappa shape index (κ2) is 7.98. The zero-order chi connectivity index (χ0) is 20.3. The van der Waals surface area contributed by atoms with Crippen LogP contribution >= 0.6 is 0 Å². The first-order valence-corrected chi connectivity index (χ1v) is 9.37. The SMILES string of the molecule is FC(F)(F)c1cccc(Nc2ccnc(Nc3ccc(N4CCCC4)cc3)n2)c1. The maximum atomic E-state index is 12.9. The van der Waals surface area contributed by atoms with E-state index in [1.54, 1.807) is 18.3 Å². The van der Waals surface area contributed by atoms with E-state index in [1.165, 1.54) is 24.6 Å². The lowest BCUT2D eigenvalue weighted by Gasteiger charge is -2.17. The fourth-order valence-corrected chi connectivity index (χ4v) is 3.27. The zero-order valence-corrected chi connectivity index (χ0v) is 15.6. The molecule has 0 atom stereocenters. The Labute approximate surface area is 166 Å². The van der Waals surface area contributed by atoms with Crippen LogP contribution in [0.1, 0.15) is 18.4 Å². The molecule has 3 aromatic rings. The molecule has 0 radical (unpaired) electrons. The van der Waals surface area contributed by atoms with Crippen LogP contribution in [0.25, 0.3) is 0 Å². The highest BCUT2D eigenvalue weighted by Crippen LogP contribution is 2.31. The molecule has 2 heterocycles. The van der Waals surface area contributed by atoms with E-state index in [0.717, 1.165) is 30.9 Å². The number of hydrogen-bond donors (Lipinski definition) is 2. The molecule has 1 aliphatic heterocycles. The van der Waals surface area contributed by atoms with Gasteiger partial charge in [0.2, 0.25) is 5.95 Å². The molecule has 1 fully saturated rings. The van der Waals surface area contributed by atoms with E-state index in [1.807, 2.05) is 12.1 Å². The van der Waals surface area contributed by atoms with Gasteiger partial charge in [0.15, 0.2) is 0 Å². The van der Waals surface area contributed by atoms with Gasteiger partial charge < -0.3 is 15.5 Å². The molecule has 5 nitrogen and oxygen atoms in total. The molecule has 2 aromatic carbocycles. The van der Waals surface area contributed by atoms with Crippen molar-refractivity contribution >= 4 is 28.8 Å². The van der Waals surface area contributed by atoms with Gasteiger partial charge in [0, 0.05) is 36.3 Å². The number of anilines is 5. The Morgan fingerprint density at radius 2 is 1.62 bits per heavy atom. The van der Waals surface area contributed by atoms with Crippen LogP contribution in [0.15, 0.2) is 60.8 Å². The van der Waals surface area contributed by atoms with Crippen LogP contribution in [-0.2, 0) is 6.18 Å². The molecule has 0 bridgehead atoms. The smallest absolute Gasteiger partial charge is 0.372 e. The first-order chi connectivity index (χ1) is 14.0. The molecule has 150 valence electrons. The number of aromatic nitrogens is 2. The summed E-state index contributed by atoms with van der Waals surface area (Å²) < 4.78 is 38.6. The maximum Gasteiger partial charge on any atom is 0.416 e. The van der Waals surface area contributed by atoms with Crippen molar-refractivity contribution in [1.82, 2.24) is 9.97 Å². The average Bonchev–Trinajstić information content (AvgIpc) is 3.23. The molecule has 1 aliphatic rings. The van der Waals surface area contributed by atoms with Crippen molar-refractivity contribution in [2.75, 3.05) is 28.6 Å². The van der Waals surface area contributed by atoms with Crippen molar-refractivity contribution in [2.24, 2.45) is 0 Å². The Bertz CT molecular complexity index is 967. The van der Waals surface area contributed by atoms with Crippen LogP contribution in [-0.4, -0.2) is 23.1 Å². The summed E-state index contributed by atoms with van der Waals surface area (Å²) in [5, 5.41) is 6.01. The second-order valence-electron chi connectivity index (χ2n) is 6.84. The number of alkyl halides is 3. The number of hydrogen-bond acceptors (Lipinski definition) is 5. The third-order valence-electron chi connectivity index (χ3n) is 4.71. The first-order valence-electron chi connectivity index (χ1n) is 9.37. The Morgan fingerprint density at radius 3 is 2.34 bits per heavy atom. The third-order valence-corrected chi connectivity index (χ3v) is 4.71. The Morgan fingerprint density at radius 1 is 0.862 bits per heavy atom. The van der Waals surface area contributed by atoms with E-state index in [9.17, 15) is 13.2 Å². The second-order valence-corrected chi connectivity index (χ2v) is 6.84. The van der Waals surface area contributed by atoms with Gasteiger partial charge in [-0.2, -0.15) is 18.2 Å². The molecular formula is C21H20F3N5. The van der Waals surface area contributed by atoms with Crippen LogP contribution in [0.3, 0.4) is 0 Å². The predicted molar refractivity (Wildman–Crippen MR) is 108 cm³/mol. The van der Waals surface area contributed by atoms with Crippen molar-refractivity contribution in [1.29, 1.82) is 0 Å². The quantitative estimate of drug-likeness (QED) is 0.586. The summed E-state index contributed by atoms with van der Waals surface area (Å²) in [4.78, 5) is 10.9. The lowest BCUT2D eigenvalue weighted by Crippen LogP contribution is -2.17. The van der Waals surface area contributed by atoms with Gasteiger partial charge >= 0.3 is 6.18 Å². The molecule has 4 rings (SSSR count). The van der Waals surface area contributed by atoms with Crippen molar-refractivity contribution in [3.8, 4) is 0 Å². The lowest BCUT2D eigenvalue weighted by molar-refractivity contribution is -0.137. The maximum absolute atomic E-state index is 12.9. The number of halogens is 3. The van der Waals surface area contributed by atoms with Crippen LogP contribution in [0.2, 0.25) is 0 Å². The molecule has 29 heavy (non-hydrogen) atoms. The summed E-state index contributed by atoms with van der Waals surface area (Å²) >= 11 is 0. The fraction of sp³-hybridized carbons (Fsp3) is 0.238. The van der Waals surface area contributed by atoms with Crippen molar-refractivity contribution in [2.45, 2.75) is 19.0 Å². The van der Waals surface area contributed by atoms with Gasteiger partial charge in [-0.1, -0.05) is 6.07 Å². The van der Waals surface area contributed by atoms with Gasteiger partial charge in [0.25, 0.3) is 0 Å². The predicted octanol–water partition coefficient (Wildman–Crippen LogP) is 5.58. The summed E-state index contributed by atoms with van der Waals surface area (Å²) in [6.07, 6.45) is -0.403. The summed E-state index contributed by atoms with van der Waals surface area (Å²) in [5.41, 5.74) is 1.62. The first kappa shape index (κ1) is 19.0. The van der Waals surface area contributed by atoms with Crippen LogP contribution in [0, 0.1) is 0 Å². The summed E-state index contributed by atoms with van der Waals surface area (Å²) in [5.74, 6) is 0.756. The van der Waals surface area contributed by atoms with E-state index in [-0.39, 0.29) is 0 Å². The third kappa shape index (κ3) is 4.77. The summed E-state index contributed by atoms with van der Waals surface area (Å²) in [6.45, 7) is 2.16. The molecule has 8 heteroatoms. The molecule has 0 aliphatic carbocycles. The van der Waals surface area contributed by atoms with Gasteiger partial charge in [-0.05, 0) is 61.4 Å². The molecular weight excluding hydrogens is 379 g/mol. The van der Waals surface area contributed by atoms with Gasteiger partial charge in [-0.3, -0.25) is 0 Å². The van der Waals surface area contributed by atoms with Crippen molar-refractivity contribution < 1.29 is 13.2 Å².